The fraction of sp³-hybridized carbons (Fsp3) is 0.533. The number of hydrogen-bond donors (Lipinski definition) is 2. The molecule has 0 aromatic heterocycles. The Morgan fingerprint density at radius 3 is 2.28 bits per heavy atom. The Bertz CT molecular complexity index is 745. The lowest BCUT2D eigenvalue weighted by atomic mass is 9.95. The van der Waals surface area contributed by atoms with Gasteiger partial charge in [0.05, 0.1) is 5.56 Å². The highest BCUT2D eigenvalue weighted by Crippen LogP contribution is 2.34. The Morgan fingerprint density at radius 1 is 1.24 bits per heavy atom. The zero-order valence-corrected chi connectivity index (χ0v) is 15.4. The Hall–Kier alpha value is -1.32. The van der Waals surface area contributed by atoms with Crippen LogP contribution in [0.5, 0.6) is 0 Å². The maximum atomic E-state index is 12.8. The highest BCUT2D eigenvalue weighted by molar-refractivity contribution is 7.92. The number of alkyl halides is 3. The number of amides is 1. The van der Waals surface area contributed by atoms with Crippen LogP contribution in [0.1, 0.15) is 24.0 Å². The first kappa shape index (κ1) is 21.7. The van der Waals surface area contributed by atoms with Crippen LogP contribution in [0.25, 0.3) is 0 Å². The molecule has 10 heteroatoms. The quantitative estimate of drug-likeness (QED) is 0.817. The molecule has 0 bridgehead atoms. The van der Waals surface area contributed by atoms with E-state index < -0.39 is 32.2 Å². The van der Waals surface area contributed by atoms with Gasteiger partial charge in [-0.25, -0.2) is 8.42 Å². The molecule has 1 saturated heterocycles. The summed E-state index contributed by atoms with van der Waals surface area (Å²) in [6.45, 7) is 2.25. The molecule has 1 aromatic rings. The first-order valence-corrected chi connectivity index (χ1v) is 9.26. The monoisotopic (exact) mass is 400 g/mol. The molecule has 1 aliphatic rings. The number of piperidine rings is 1. The van der Waals surface area contributed by atoms with Crippen LogP contribution in [0.15, 0.2) is 18.2 Å². The van der Waals surface area contributed by atoms with Gasteiger partial charge in [-0.05, 0) is 50.6 Å². The zero-order valence-electron chi connectivity index (χ0n) is 13.7. The van der Waals surface area contributed by atoms with Crippen molar-refractivity contribution in [3.63, 3.8) is 0 Å². The van der Waals surface area contributed by atoms with Gasteiger partial charge in [-0.2, -0.15) is 13.2 Å². The van der Waals surface area contributed by atoms with E-state index in [2.05, 4.69) is 10.6 Å². The number of rotatable bonds is 3. The number of anilines is 1. The second-order valence-corrected chi connectivity index (χ2v) is 8.32. The van der Waals surface area contributed by atoms with Gasteiger partial charge in [0.1, 0.15) is 0 Å². The summed E-state index contributed by atoms with van der Waals surface area (Å²) in [4.78, 5) is 12.7. The molecular weight excluding hydrogens is 381 g/mol. The van der Waals surface area contributed by atoms with Crippen molar-refractivity contribution in [2.75, 3.05) is 24.7 Å². The summed E-state index contributed by atoms with van der Waals surface area (Å²) < 4.78 is 61.3. The fourth-order valence-electron chi connectivity index (χ4n) is 2.77. The molecule has 0 atom stereocenters. The molecule has 0 aliphatic carbocycles. The van der Waals surface area contributed by atoms with Crippen molar-refractivity contribution in [1.29, 1.82) is 0 Å². The highest BCUT2D eigenvalue weighted by atomic mass is 35.5. The zero-order chi connectivity index (χ0) is 18.2. The molecule has 1 aliphatic heterocycles. The molecule has 25 heavy (non-hydrogen) atoms. The Balaban J connectivity index is 0.00000312. The summed E-state index contributed by atoms with van der Waals surface area (Å²) in [7, 11) is -3.73. The van der Waals surface area contributed by atoms with Crippen LogP contribution in [-0.4, -0.2) is 38.4 Å². The van der Waals surface area contributed by atoms with Gasteiger partial charge in [0.25, 0.3) is 0 Å². The summed E-state index contributed by atoms with van der Waals surface area (Å²) in [5, 5.41) is 5.37. The average molecular weight is 401 g/mol. The third kappa shape index (κ3) is 4.45. The van der Waals surface area contributed by atoms with Crippen molar-refractivity contribution in [3.05, 3.63) is 29.3 Å². The number of carbonyl (C=O) groups excluding carboxylic acids is 1. The minimum Gasteiger partial charge on any atom is -0.324 e. The average Bonchev–Trinajstić information content (AvgIpc) is 2.47. The largest absolute Gasteiger partial charge is 0.416 e. The minimum atomic E-state index is -4.55. The molecule has 1 aromatic carbocycles. The first-order valence-electron chi connectivity index (χ1n) is 7.37. The van der Waals surface area contributed by atoms with Crippen molar-refractivity contribution in [1.82, 2.24) is 5.32 Å². The van der Waals surface area contributed by atoms with Crippen molar-refractivity contribution in [3.8, 4) is 0 Å². The summed E-state index contributed by atoms with van der Waals surface area (Å²) in [6, 6.07) is 2.99. The first-order chi connectivity index (χ1) is 11.0. The van der Waals surface area contributed by atoms with E-state index in [4.69, 9.17) is 0 Å². The van der Waals surface area contributed by atoms with E-state index in [1.165, 1.54) is 6.07 Å². The lowest BCUT2D eigenvalue weighted by Gasteiger charge is -2.34. The Labute approximate surface area is 150 Å². The summed E-state index contributed by atoms with van der Waals surface area (Å²) in [5.41, 5.74) is -0.507. The molecule has 0 unspecified atom stereocenters. The van der Waals surface area contributed by atoms with Gasteiger partial charge < -0.3 is 10.6 Å². The van der Waals surface area contributed by atoms with E-state index in [9.17, 15) is 26.4 Å². The third-order valence-electron chi connectivity index (χ3n) is 4.35. The van der Waals surface area contributed by atoms with E-state index >= 15 is 0 Å². The molecule has 2 rings (SSSR count). The topological polar surface area (TPSA) is 75.3 Å². The van der Waals surface area contributed by atoms with E-state index in [0.717, 1.165) is 18.4 Å². The second kappa shape index (κ2) is 7.51. The summed E-state index contributed by atoms with van der Waals surface area (Å²) in [5.74, 6) is -0.783. The predicted molar refractivity (Wildman–Crippen MR) is 91.7 cm³/mol. The number of nitrogens with one attached hydrogen (secondary N) is 2. The molecule has 1 heterocycles. The number of halogens is 4. The number of benzene rings is 1. The van der Waals surface area contributed by atoms with Gasteiger partial charge in [0.15, 0.2) is 14.6 Å². The Kier molecular flexibility index (Phi) is 6.52. The Morgan fingerprint density at radius 2 is 1.80 bits per heavy atom. The van der Waals surface area contributed by atoms with Crippen LogP contribution in [0, 0.1) is 6.92 Å². The van der Waals surface area contributed by atoms with Crippen molar-refractivity contribution >= 4 is 33.8 Å². The van der Waals surface area contributed by atoms with Crippen LogP contribution in [0.2, 0.25) is 0 Å². The van der Waals surface area contributed by atoms with Crippen molar-refractivity contribution in [2.24, 2.45) is 0 Å². The van der Waals surface area contributed by atoms with Crippen molar-refractivity contribution < 1.29 is 26.4 Å². The molecule has 0 spiro atoms. The fourth-order valence-corrected chi connectivity index (χ4v) is 4.10. The van der Waals surface area contributed by atoms with Crippen LogP contribution >= 0.6 is 12.4 Å². The second-order valence-electron chi connectivity index (χ2n) is 6.00. The molecule has 0 saturated carbocycles. The lowest BCUT2D eigenvalue weighted by molar-refractivity contribution is -0.137. The van der Waals surface area contributed by atoms with Crippen LogP contribution in [0.4, 0.5) is 18.9 Å². The summed E-state index contributed by atoms with van der Waals surface area (Å²) in [6.07, 6.45) is -3.40. The van der Waals surface area contributed by atoms with Crippen LogP contribution in [0.3, 0.4) is 0 Å². The molecular formula is C15H20ClF3N2O3S. The molecule has 2 N–H and O–H groups in total. The van der Waals surface area contributed by atoms with Gasteiger partial charge in [0.2, 0.25) is 5.91 Å². The third-order valence-corrected chi connectivity index (χ3v) is 6.36. The molecule has 1 fully saturated rings. The molecule has 5 nitrogen and oxygen atoms in total. The number of hydrogen-bond acceptors (Lipinski definition) is 4. The van der Waals surface area contributed by atoms with Gasteiger partial charge in [0, 0.05) is 11.9 Å². The van der Waals surface area contributed by atoms with Gasteiger partial charge in [-0.1, -0.05) is 6.07 Å². The molecule has 0 radical (unpaired) electrons. The maximum absolute atomic E-state index is 12.8. The van der Waals surface area contributed by atoms with Crippen molar-refractivity contribution in [2.45, 2.75) is 30.7 Å². The number of sulfone groups is 1. The van der Waals surface area contributed by atoms with E-state index in [1.54, 1.807) is 6.92 Å². The smallest absolute Gasteiger partial charge is 0.324 e. The van der Waals surface area contributed by atoms with Crippen LogP contribution < -0.4 is 10.6 Å². The van der Waals surface area contributed by atoms with Gasteiger partial charge in [-0.15, -0.1) is 12.4 Å². The van der Waals surface area contributed by atoms with Gasteiger partial charge in [-0.3, -0.25) is 4.79 Å². The van der Waals surface area contributed by atoms with Gasteiger partial charge >= 0.3 is 6.18 Å². The minimum absolute atomic E-state index is 0. The van der Waals surface area contributed by atoms with E-state index in [1.807, 2.05) is 0 Å². The van der Waals surface area contributed by atoms with E-state index in [0.29, 0.717) is 18.7 Å². The standard InChI is InChI=1S/C15H19F3N2O3S.ClH/c1-10-3-4-11(15(16,17)18)9-12(10)20-13(21)14(24(2,22)23)5-7-19-8-6-14;/h3-4,9,19H,5-8H2,1-2H3,(H,20,21);1H. The molecule has 1 amide bonds. The van der Waals surface area contributed by atoms with Crippen LogP contribution in [-0.2, 0) is 20.8 Å². The normalized spacial score (nSPS) is 17.5. The maximum Gasteiger partial charge on any atom is 0.416 e. The highest BCUT2D eigenvalue weighted by Gasteiger charge is 2.48. The SMILES string of the molecule is Cc1ccc(C(F)(F)F)cc1NC(=O)C1(S(C)(=O)=O)CCNCC1.Cl. The number of carbonyl (C=O) groups is 1. The molecule has 142 valence electrons. The lowest BCUT2D eigenvalue weighted by Crippen LogP contribution is -2.55. The predicted octanol–water partition coefficient (Wildman–Crippen LogP) is 2.54. The summed E-state index contributed by atoms with van der Waals surface area (Å²) >= 11 is 0. The number of aryl methyl sites for hydroxylation is 1. The van der Waals surface area contributed by atoms with E-state index in [-0.39, 0.29) is 30.9 Å².